The highest BCUT2D eigenvalue weighted by molar-refractivity contribution is 7.89. The molecule has 0 saturated carbocycles. The lowest BCUT2D eigenvalue weighted by atomic mass is 10.2. The molecule has 0 amide bonds. The van der Waals surface area contributed by atoms with Crippen molar-refractivity contribution in [2.75, 3.05) is 11.9 Å². The highest BCUT2D eigenvalue weighted by Crippen LogP contribution is 2.32. The minimum absolute atomic E-state index is 0.0541. The maximum atomic E-state index is 11.2. The van der Waals surface area contributed by atoms with Gasteiger partial charge >= 0.3 is 0 Å². The van der Waals surface area contributed by atoms with Crippen molar-refractivity contribution in [2.45, 2.75) is 4.90 Å². The summed E-state index contributed by atoms with van der Waals surface area (Å²) in [5.74, 6) is 0. The van der Waals surface area contributed by atoms with Gasteiger partial charge in [-0.3, -0.25) is 4.99 Å². The van der Waals surface area contributed by atoms with Gasteiger partial charge in [-0.1, -0.05) is 6.07 Å². The first kappa shape index (κ1) is 9.17. The van der Waals surface area contributed by atoms with E-state index in [1.165, 1.54) is 6.07 Å². The van der Waals surface area contributed by atoms with Crippen LogP contribution in [0.4, 0.5) is 11.4 Å². The Morgan fingerprint density at radius 2 is 2.21 bits per heavy atom. The van der Waals surface area contributed by atoms with Gasteiger partial charge in [0.2, 0.25) is 10.0 Å². The standard InChI is InChI=1S/C8H9N3O2S/c9-14(12,13)7-3-1-2-6-8(7)11-5-4-10-6/h1-3,5,10H,4H2,(H2,9,12,13). The Balaban J connectivity index is 2.71. The number of rotatable bonds is 1. The van der Waals surface area contributed by atoms with E-state index in [0.29, 0.717) is 17.9 Å². The molecule has 3 N–H and O–H groups in total. The summed E-state index contributed by atoms with van der Waals surface area (Å²) in [6.07, 6.45) is 1.61. The van der Waals surface area contributed by atoms with Crippen molar-refractivity contribution in [1.29, 1.82) is 0 Å². The van der Waals surface area contributed by atoms with Crippen molar-refractivity contribution >= 4 is 27.6 Å². The molecule has 1 heterocycles. The van der Waals surface area contributed by atoms with Gasteiger partial charge in [-0.05, 0) is 12.1 Å². The van der Waals surface area contributed by atoms with Crippen LogP contribution in [0.25, 0.3) is 0 Å². The van der Waals surface area contributed by atoms with Gasteiger partial charge in [0.05, 0.1) is 12.2 Å². The third-order valence-corrected chi connectivity index (χ3v) is 2.85. The number of nitrogens with one attached hydrogen (secondary N) is 1. The Bertz CT molecular complexity index is 493. The third kappa shape index (κ3) is 1.49. The molecule has 74 valence electrons. The molecule has 6 heteroatoms. The first-order valence-electron chi connectivity index (χ1n) is 4.01. The first-order valence-corrected chi connectivity index (χ1v) is 5.56. The zero-order chi connectivity index (χ0) is 10.2. The number of anilines is 1. The smallest absolute Gasteiger partial charge is 0.240 e. The van der Waals surface area contributed by atoms with Crippen LogP contribution < -0.4 is 10.5 Å². The molecule has 0 aromatic heterocycles. The van der Waals surface area contributed by atoms with E-state index >= 15 is 0 Å². The molecular formula is C8H9N3O2S. The zero-order valence-corrected chi connectivity index (χ0v) is 8.08. The monoisotopic (exact) mass is 211 g/mol. The molecule has 0 bridgehead atoms. The fourth-order valence-corrected chi connectivity index (χ4v) is 2.02. The molecule has 1 aliphatic heterocycles. The quantitative estimate of drug-likeness (QED) is 0.707. The van der Waals surface area contributed by atoms with E-state index in [-0.39, 0.29) is 4.90 Å². The number of primary sulfonamides is 1. The molecule has 1 aromatic carbocycles. The number of para-hydroxylation sites is 1. The van der Waals surface area contributed by atoms with Crippen molar-refractivity contribution in [2.24, 2.45) is 10.1 Å². The number of nitrogens with two attached hydrogens (primary N) is 1. The third-order valence-electron chi connectivity index (χ3n) is 1.91. The van der Waals surface area contributed by atoms with Crippen LogP contribution in [0, 0.1) is 0 Å². The summed E-state index contributed by atoms with van der Waals surface area (Å²) >= 11 is 0. The van der Waals surface area contributed by atoms with Gasteiger partial charge in [0, 0.05) is 6.21 Å². The SMILES string of the molecule is NS(=O)(=O)c1cccc2c1N=CCN2. The van der Waals surface area contributed by atoms with E-state index < -0.39 is 10.0 Å². The van der Waals surface area contributed by atoms with Crippen molar-refractivity contribution in [1.82, 2.24) is 0 Å². The summed E-state index contributed by atoms with van der Waals surface area (Å²) in [7, 11) is -3.70. The Labute approximate surface area is 81.7 Å². The molecule has 1 aliphatic rings. The molecule has 0 saturated heterocycles. The van der Waals surface area contributed by atoms with Gasteiger partial charge in [0.1, 0.15) is 10.6 Å². The summed E-state index contributed by atoms with van der Waals surface area (Å²) in [6.45, 7) is 0.598. The van der Waals surface area contributed by atoms with Crippen LogP contribution >= 0.6 is 0 Å². The van der Waals surface area contributed by atoms with Gasteiger partial charge < -0.3 is 5.32 Å². The summed E-state index contributed by atoms with van der Waals surface area (Å²) < 4.78 is 22.4. The number of aliphatic imine (C=N–C) groups is 1. The van der Waals surface area contributed by atoms with Crippen molar-refractivity contribution in [3.8, 4) is 0 Å². The lowest BCUT2D eigenvalue weighted by Crippen LogP contribution is -2.15. The van der Waals surface area contributed by atoms with E-state index in [9.17, 15) is 8.42 Å². The summed E-state index contributed by atoms with van der Waals surface area (Å²) in [6, 6.07) is 4.84. The molecule has 5 nitrogen and oxygen atoms in total. The molecule has 0 atom stereocenters. The fourth-order valence-electron chi connectivity index (χ4n) is 1.32. The molecule has 2 rings (SSSR count). The van der Waals surface area contributed by atoms with E-state index in [4.69, 9.17) is 5.14 Å². The molecule has 0 spiro atoms. The van der Waals surface area contributed by atoms with Gasteiger partial charge in [-0.15, -0.1) is 0 Å². The van der Waals surface area contributed by atoms with Gasteiger partial charge in [0.15, 0.2) is 0 Å². The van der Waals surface area contributed by atoms with Crippen LogP contribution in [-0.4, -0.2) is 21.2 Å². The highest BCUT2D eigenvalue weighted by atomic mass is 32.2. The second-order valence-corrected chi connectivity index (χ2v) is 4.42. The summed E-state index contributed by atoms with van der Waals surface area (Å²) in [5.41, 5.74) is 1.08. The minimum Gasteiger partial charge on any atom is -0.378 e. The van der Waals surface area contributed by atoms with E-state index in [0.717, 1.165) is 0 Å². The summed E-state index contributed by atoms with van der Waals surface area (Å²) in [4.78, 5) is 4.07. The largest absolute Gasteiger partial charge is 0.378 e. The van der Waals surface area contributed by atoms with Gasteiger partial charge in [0.25, 0.3) is 0 Å². The van der Waals surface area contributed by atoms with Crippen molar-refractivity contribution in [3.05, 3.63) is 18.2 Å². The maximum Gasteiger partial charge on any atom is 0.240 e. The second kappa shape index (κ2) is 3.07. The average molecular weight is 211 g/mol. The van der Waals surface area contributed by atoms with Crippen LogP contribution in [0.1, 0.15) is 0 Å². The Hall–Kier alpha value is -1.40. The predicted molar refractivity (Wildman–Crippen MR) is 54.5 cm³/mol. The van der Waals surface area contributed by atoms with E-state index in [2.05, 4.69) is 10.3 Å². The van der Waals surface area contributed by atoms with Crippen LogP contribution in [0.2, 0.25) is 0 Å². The second-order valence-electron chi connectivity index (χ2n) is 2.89. The van der Waals surface area contributed by atoms with Gasteiger partial charge in [-0.25, -0.2) is 13.6 Å². The Kier molecular flexibility index (Phi) is 2.01. The minimum atomic E-state index is -3.70. The summed E-state index contributed by atoms with van der Waals surface area (Å²) in [5, 5.41) is 8.06. The molecule has 0 aliphatic carbocycles. The number of fused-ring (bicyclic) bond motifs is 1. The topological polar surface area (TPSA) is 84.6 Å². The molecule has 1 aromatic rings. The number of sulfonamides is 1. The fraction of sp³-hybridized carbons (Fsp3) is 0.125. The number of hydrogen-bond donors (Lipinski definition) is 2. The van der Waals surface area contributed by atoms with Crippen LogP contribution in [-0.2, 0) is 10.0 Å². The van der Waals surface area contributed by atoms with Crippen molar-refractivity contribution in [3.63, 3.8) is 0 Å². The highest BCUT2D eigenvalue weighted by Gasteiger charge is 2.17. The number of hydrogen-bond acceptors (Lipinski definition) is 4. The van der Waals surface area contributed by atoms with Gasteiger partial charge in [-0.2, -0.15) is 0 Å². The van der Waals surface area contributed by atoms with Crippen LogP contribution in [0.15, 0.2) is 28.1 Å². The molecule has 0 radical (unpaired) electrons. The normalized spacial score (nSPS) is 14.6. The molecular weight excluding hydrogens is 202 g/mol. The lowest BCUT2D eigenvalue weighted by Gasteiger charge is -2.14. The zero-order valence-electron chi connectivity index (χ0n) is 7.27. The molecule has 0 unspecified atom stereocenters. The Morgan fingerprint density at radius 3 is 2.93 bits per heavy atom. The lowest BCUT2D eigenvalue weighted by molar-refractivity contribution is 0.598. The molecule has 14 heavy (non-hydrogen) atoms. The number of benzene rings is 1. The molecule has 0 fully saturated rings. The van der Waals surface area contributed by atoms with E-state index in [1.54, 1.807) is 18.3 Å². The first-order chi connectivity index (χ1) is 6.59. The average Bonchev–Trinajstić information content (AvgIpc) is 2.15. The predicted octanol–water partition coefficient (Wildman–Crippen LogP) is 0.462. The number of nitrogens with zero attached hydrogens (tertiary/aromatic N) is 1. The van der Waals surface area contributed by atoms with Crippen LogP contribution in [0.3, 0.4) is 0 Å². The Morgan fingerprint density at radius 1 is 1.43 bits per heavy atom. The maximum absolute atomic E-state index is 11.2. The van der Waals surface area contributed by atoms with E-state index in [1.807, 2.05) is 0 Å². The van der Waals surface area contributed by atoms with Crippen LogP contribution in [0.5, 0.6) is 0 Å². The van der Waals surface area contributed by atoms with Crippen molar-refractivity contribution < 1.29 is 8.42 Å².